The van der Waals surface area contributed by atoms with Crippen LogP contribution in [0.4, 0.5) is 34.1 Å². The number of hydrogen-bond donors (Lipinski definition) is 0. The average Bonchev–Trinajstić information content (AvgIpc) is 0.894. The summed E-state index contributed by atoms with van der Waals surface area (Å²) in [6, 6.07) is 120. The van der Waals surface area contributed by atoms with Crippen LogP contribution in [0, 0.1) is 0 Å². The molecule has 0 atom stereocenters. The summed E-state index contributed by atoms with van der Waals surface area (Å²) in [5.74, 6) is 0. The highest BCUT2D eigenvalue weighted by atomic mass is 32.1. The number of hydrogen-bond acceptors (Lipinski definition) is 6. The second-order valence-electron chi connectivity index (χ2n) is 26.1. The van der Waals surface area contributed by atoms with Crippen molar-refractivity contribution >= 4 is 205 Å². The number of fused-ring (bicyclic) bond motifs is 19. The van der Waals surface area contributed by atoms with E-state index in [9.17, 15) is 0 Å². The lowest BCUT2D eigenvalue weighted by atomic mass is 9.33. The van der Waals surface area contributed by atoms with Crippen molar-refractivity contribution in [2.75, 3.05) is 9.80 Å². The summed E-state index contributed by atoms with van der Waals surface area (Å²) in [7, 11) is 0. The molecule has 22 rings (SSSR count). The Labute approximate surface area is 580 Å². The van der Waals surface area contributed by atoms with E-state index in [1.165, 1.54) is 163 Å². The monoisotopic (exact) mass is 1310 g/mol. The van der Waals surface area contributed by atoms with Crippen molar-refractivity contribution in [3.05, 3.63) is 315 Å². The van der Waals surface area contributed by atoms with Crippen LogP contribution in [0.2, 0.25) is 0 Å². The highest BCUT2D eigenvalue weighted by molar-refractivity contribution is 7.27. The second kappa shape index (κ2) is 21.1. The summed E-state index contributed by atoms with van der Waals surface area (Å²) >= 11 is 7.51. The zero-order valence-corrected chi connectivity index (χ0v) is 55.8. The number of nitrogens with zero attached hydrogens (tertiary/aromatic N) is 3. The molecule has 3 nitrogen and oxygen atoms in total. The number of para-hydroxylation sites is 2. The zero-order chi connectivity index (χ0) is 63.8. The maximum Gasteiger partial charge on any atom is 0.252 e. The third kappa shape index (κ3) is 7.97. The second-order valence-corrected chi connectivity index (χ2v) is 30.5. The van der Waals surface area contributed by atoms with Crippen LogP contribution >= 0.6 is 45.3 Å². The largest absolute Gasteiger partial charge is 0.311 e. The molecule has 0 saturated carbocycles. The van der Waals surface area contributed by atoms with Gasteiger partial charge in [0, 0.05) is 126 Å². The Morgan fingerprint density at radius 3 is 0.898 bits per heavy atom. The van der Waals surface area contributed by atoms with Crippen molar-refractivity contribution < 1.29 is 0 Å². The molecule has 0 spiro atoms. The molecule has 454 valence electrons. The lowest BCUT2D eigenvalue weighted by Gasteiger charge is -2.44. The van der Waals surface area contributed by atoms with Gasteiger partial charge in [-0.2, -0.15) is 0 Å². The fraction of sp³-hybridized carbons (Fsp3) is 0. The summed E-state index contributed by atoms with van der Waals surface area (Å²) < 4.78 is 12.9. The van der Waals surface area contributed by atoms with Gasteiger partial charge in [-0.25, -0.2) is 0 Å². The molecule has 0 radical (unpaired) electrons. The number of rotatable bonds is 7. The average molecular weight is 1310 g/mol. The summed E-state index contributed by atoms with van der Waals surface area (Å²) in [6.07, 6.45) is 0. The first-order chi connectivity index (χ1) is 48.6. The predicted molar refractivity (Wildman–Crippen MR) is 428 cm³/mol. The fourth-order valence-electron chi connectivity index (χ4n) is 16.9. The molecular weight excluding hydrogens is 1260 g/mol. The molecule has 15 aromatic carbocycles. The van der Waals surface area contributed by atoms with Gasteiger partial charge in [0.25, 0.3) is 6.71 Å². The van der Waals surface area contributed by atoms with Crippen LogP contribution in [-0.2, 0) is 0 Å². The van der Waals surface area contributed by atoms with Gasteiger partial charge in [-0.15, -0.1) is 45.3 Å². The van der Waals surface area contributed by atoms with E-state index >= 15 is 0 Å². The normalized spacial score (nSPS) is 12.8. The van der Waals surface area contributed by atoms with E-state index in [2.05, 4.69) is 330 Å². The Balaban J connectivity index is 0.840. The van der Waals surface area contributed by atoms with Gasteiger partial charge in [-0.3, -0.25) is 0 Å². The number of thiophene rings is 4. The third-order valence-corrected chi connectivity index (χ3v) is 25.5. The zero-order valence-electron chi connectivity index (χ0n) is 52.6. The molecule has 5 aromatic heterocycles. The number of aromatic nitrogens is 1. The Morgan fingerprint density at radius 2 is 0.531 bits per heavy atom. The third-order valence-electron chi connectivity index (χ3n) is 21.0. The molecule has 0 amide bonds. The lowest BCUT2D eigenvalue weighted by molar-refractivity contribution is 1.16. The van der Waals surface area contributed by atoms with Crippen LogP contribution in [0.25, 0.3) is 153 Å². The molecule has 0 aliphatic carbocycles. The topological polar surface area (TPSA) is 11.4 Å². The smallest absolute Gasteiger partial charge is 0.252 e. The highest BCUT2D eigenvalue weighted by Crippen LogP contribution is 2.51. The first kappa shape index (κ1) is 54.8. The Morgan fingerprint density at radius 1 is 0.224 bits per heavy atom. The van der Waals surface area contributed by atoms with Crippen LogP contribution in [-0.4, -0.2) is 11.3 Å². The van der Waals surface area contributed by atoms with Crippen LogP contribution in [0.1, 0.15) is 0 Å². The molecule has 20 aromatic rings. The van der Waals surface area contributed by atoms with Crippen LogP contribution in [0.15, 0.2) is 315 Å². The van der Waals surface area contributed by atoms with Gasteiger partial charge >= 0.3 is 0 Å². The molecule has 98 heavy (non-hydrogen) atoms. The maximum atomic E-state index is 2.61. The molecule has 0 N–H and O–H groups in total. The molecular formula is C90H52BN3S4. The Bertz CT molecular complexity index is 6380. The van der Waals surface area contributed by atoms with Crippen molar-refractivity contribution in [3.8, 4) is 50.2 Å². The quantitative estimate of drug-likeness (QED) is 0.147. The van der Waals surface area contributed by atoms with Crippen molar-refractivity contribution in [3.63, 3.8) is 0 Å². The molecule has 8 heteroatoms. The van der Waals surface area contributed by atoms with Crippen molar-refractivity contribution in [1.29, 1.82) is 0 Å². The Kier molecular flexibility index (Phi) is 11.8. The predicted octanol–water partition coefficient (Wildman–Crippen LogP) is 25.0. The van der Waals surface area contributed by atoms with Gasteiger partial charge in [0.05, 0.1) is 16.7 Å². The molecule has 0 fully saturated rings. The van der Waals surface area contributed by atoms with Crippen molar-refractivity contribution in [1.82, 2.24) is 4.57 Å². The van der Waals surface area contributed by atoms with Crippen LogP contribution < -0.4 is 26.2 Å². The summed E-state index contributed by atoms with van der Waals surface area (Å²) in [6.45, 7) is -0.200. The van der Waals surface area contributed by atoms with Crippen LogP contribution in [0.3, 0.4) is 0 Å². The van der Waals surface area contributed by atoms with Crippen molar-refractivity contribution in [2.24, 2.45) is 0 Å². The fourth-order valence-corrected chi connectivity index (χ4v) is 21.4. The number of benzene rings is 15. The standard InChI is InChI=1S/C90H52BN3S4/c1-7-27-72-64(17-1)65-18-2-8-28-73(65)94(72)59-51-76-90-77(52-59)93(58-45-39-54(40-46-58)61-24-14-34-83-87(61)67-20-4-10-30-79(67)96-83)75-48-42-56(63-26-16-36-85-89(63)69-22-6-12-32-81(69)98-85)50-71(75)91(90)70-49-55(62-25-15-35-84-88(62)68-21-5-11-31-80(68)97-84)41-47-74(70)92(76)57-43-37-53(38-44-57)60-23-13-33-82-86(60)66-19-3-9-29-78(66)95-82/h1-52H. The summed E-state index contributed by atoms with van der Waals surface area (Å²) in [4.78, 5) is 5.22. The van der Waals surface area contributed by atoms with Crippen LogP contribution in [0.5, 0.6) is 0 Å². The minimum atomic E-state index is -0.200. The van der Waals surface area contributed by atoms with E-state index < -0.39 is 0 Å². The minimum absolute atomic E-state index is 0.200. The molecule has 0 saturated heterocycles. The van der Waals surface area contributed by atoms with E-state index in [1.807, 2.05) is 45.3 Å². The summed E-state index contributed by atoms with van der Waals surface area (Å²) in [5.41, 5.74) is 23.8. The Hall–Kier alpha value is -11.4. The van der Waals surface area contributed by atoms with E-state index in [-0.39, 0.29) is 6.71 Å². The van der Waals surface area contributed by atoms with Gasteiger partial charge < -0.3 is 14.4 Å². The van der Waals surface area contributed by atoms with E-state index in [4.69, 9.17) is 0 Å². The van der Waals surface area contributed by atoms with E-state index in [0.717, 1.165) is 39.8 Å². The number of anilines is 6. The van der Waals surface area contributed by atoms with Gasteiger partial charge in [0.15, 0.2) is 0 Å². The SMILES string of the molecule is c1ccc2c(c1)sc1cccc(-c3ccc(N4c5ccc(-c6cccc7sc8ccccc8c67)cc5B5c6cc(-c7cccc8sc9ccccc9c78)ccc6N(c6ccc(-c7cccc8sc9ccccc9c78)cc6)c6cc(-n7c8ccccc8c8ccccc87)cc4c65)cc3)c12. The van der Waals surface area contributed by atoms with Gasteiger partial charge in [-0.1, -0.05) is 206 Å². The molecule has 0 bridgehead atoms. The van der Waals surface area contributed by atoms with Gasteiger partial charge in [-0.05, 0) is 170 Å². The first-order valence-electron chi connectivity index (χ1n) is 33.5. The highest BCUT2D eigenvalue weighted by Gasteiger charge is 2.44. The van der Waals surface area contributed by atoms with Gasteiger partial charge in [0.2, 0.25) is 0 Å². The minimum Gasteiger partial charge on any atom is -0.311 e. The van der Waals surface area contributed by atoms with E-state index in [0.29, 0.717) is 0 Å². The maximum absolute atomic E-state index is 2.61. The first-order valence-corrected chi connectivity index (χ1v) is 36.7. The van der Waals surface area contributed by atoms with E-state index in [1.54, 1.807) is 0 Å². The molecule has 2 aliphatic rings. The molecule has 7 heterocycles. The lowest BCUT2D eigenvalue weighted by Crippen LogP contribution is -2.61. The van der Waals surface area contributed by atoms with Gasteiger partial charge in [0.1, 0.15) is 0 Å². The summed E-state index contributed by atoms with van der Waals surface area (Å²) in [5, 5.41) is 12.9. The molecule has 0 unspecified atom stereocenters. The van der Waals surface area contributed by atoms with Crippen molar-refractivity contribution in [2.45, 2.75) is 0 Å². The molecule has 2 aliphatic heterocycles.